The van der Waals surface area contributed by atoms with Crippen molar-refractivity contribution >= 4 is 24.4 Å². The quantitative estimate of drug-likeness (QED) is 0.270. The summed E-state index contributed by atoms with van der Waals surface area (Å²) in [5.74, 6) is -1.16. The van der Waals surface area contributed by atoms with Crippen LogP contribution in [0, 0.1) is 0 Å². The topological polar surface area (TPSA) is 104 Å². The van der Waals surface area contributed by atoms with E-state index in [1.54, 1.807) is 0 Å². The summed E-state index contributed by atoms with van der Waals surface area (Å²) in [6.45, 7) is 0. The van der Waals surface area contributed by atoms with Gasteiger partial charge in [-0.2, -0.15) is 0 Å². The molecule has 0 aromatic carbocycles. The van der Waals surface area contributed by atoms with Crippen LogP contribution in [0.2, 0.25) is 0 Å². The molecule has 0 aliphatic rings. The van der Waals surface area contributed by atoms with Crippen molar-refractivity contribution in [1.82, 2.24) is 4.90 Å². The van der Waals surface area contributed by atoms with Gasteiger partial charge in [-0.05, 0) is 12.4 Å². The Labute approximate surface area is 162 Å². The number of hydrogen-bond donors (Lipinski definition) is 0. The molecule has 3 amide bonds. The van der Waals surface area contributed by atoms with Crippen molar-refractivity contribution in [2.24, 2.45) is 0 Å². The van der Waals surface area contributed by atoms with Gasteiger partial charge in [0.25, 0.3) is 0 Å². The third-order valence-corrected chi connectivity index (χ3v) is 1.36. The van der Waals surface area contributed by atoms with Gasteiger partial charge in [0.15, 0.2) is 0 Å². The molecule has 0 saturated heterocycles. The first-order valence-corrected chi connectivity index (χ1v) is 4.31. The van der Waals surface area contributed by atoms with E-state index in [9.17, 15) is 19.2 Å². The molecule has 0 rings (SSSR count). The zero-order valence-electron chi connectivity index (χ0n) is 11.2. The maximum atomic E-state index is 10.3. The second-order valence-corrected chi connectivity index (χ2v) is 2.49. The van der Waals surface area contributed by atoms with Crippen molar-refractivity contribution in [3.63, 3.8) is 0 Å². The number of hydrogen-bond acceptors (Lipinski definition) is 6. The zero-order chi connectivity index (χ0) is 13.8. The van der Waals surface area contributed by atoms with Crippen LogP contribution in [-0.2, 0) is 89.3 Å². The Kier molecular flexibility index (Phi) is 26.1. The van der Waals surface area contributed by atoms with E-state index in [0.29, 0.717) is 0 Å². The van der Waals surface area contributed by atoms with Crippen LogP contribution in [0.15, 0.2) is 0 Å². The van der Waals surface area contributed by atoms with Crippen LogP contribution < -0.4 is 0 Å². The first kappa shape index (κ1) is 27.4. The van der Waals surface area contributed by atoms with Crippen LogP contribution >= 0.6 is 0 Å². The average Bonchev–Trinajstić information content (AvgIpc) is 2.36. The first-order valence-electron chi connectivity index (χ1n) is 4.31. The number of esters is 2. The number of imide groups is 1. The van der Waals surface area contributed by atoms with E-state index in [4.69, 9.17) is 0 Å². The fourth-order valence-corrected chi connectivity index (χ4v) is 0.451. The van der Waals surface area contributed by atoms with Crippen LogP contribution in [0.3, 0.4) is 0 Å². The molecule has 10 heteroatoms. The summed E-state index contributed by atoms with van der Waals surface area (Å²) in [5.41, 5.74) is 0. The Balaban J connectivity index is -0.000000108. The SMILES string of the molecule is COC(=O)CC(=O)OC.C[N-]C(=O)N(C)[C-]=O.[Y].[Y]. The van der Waals surface area contributed by atoms with Gasteiger partial charge in [0.2, 0.25) is 0 Å². The molecular weight excluding hydrogens is 410 g/mol. The maximum Gasteiger partial charge on any atom is 0.316 e. The van der Waals surface area contributed by atoms with E-state index in [1.807, 2.05) is 0 Å². The smallest absolute Gasteiger partial charge is 0.316 e. The van der Waals surface area contributed by atoms with Crippen LogP contribution in [-0.4, -0.2) is 57.6 Å². The summed E-state index contributed by atoms with van der Waals surface area (Å²) in [6.07, 6.45) is 1.04. The molecule has 0 aromatic rings. The molecule has 0 spiro atoms. The monoisotopic (exact) mass is 424 g/mol. The Hall–Kier alpha value is 0.0878. The van der Waals surface area contributed by atoms with Gasteiger partial charge in [0, 0.05) is 65.4 Å². The molecule has 0 unspecified atom stereocenters. The summed E-state index contributed by atoms with van der Waals surface area (Å²) in [6, 6.07) is -0.583. The number of ether oxygens (including phenoxy) is 2. The number of carbonyl (C=O) groups excluding carboxylic acids is 4. The third kappa shape index (κ3) is 18.1. The van der Waals surface area contributed by atoms with Crippen LogP contribution in [0.1, 0.15) is 6.42 Å². The Morgan fingerprint density at radius 2 is 1.47 bits per heavy atom. The molecule has 104 valence electrons. The molecule has 0 heterocycles. The number of rotatable bonds is 3. The van der Waals surface area contributed by atoms with Gasteiger partial charge in [0.05, 0.1) is 14.2 Å². The van der Waals surface area contributed by atoms with E-state index in [-0.39, 0.29) is 71.8 Å². The van der Waals surface area contributed by atoms with Crippen molar-refractivity contribution in [3.05, 3.63) is 5.32 Å². The number of methoxy groups -OCH3 is 2. The van der Waals surface area contributed by atoms with Crippen molar-refractivity contribution in [2.45, 2.75) is 6.42 Å². The molecule has 0 aliphatic heterocycles. The summed E-state index contributed by atoms with van der Waals surface area (Å²) in [5, 5.41) is 3.18. The molecule has 19 heavy (non-hydrogen) atoms. The van der Waals surface area contributed by atoms with Gasteiger partial charge in [-0.15, -0.1) is 0 Å². The molecule has 0 aromatic heterocycles. The zero-order valence-corrected chi connectivity index (χ0v) is 16.9. The molecule has 8 nitrogen and oxygen atoms in total. The summed E-state index contributed by atoms with van der Waals surface area (Å²) < 4.78 is 8.37. The number of amides is 3. The summed E-state index contributed by atoms with van der Waals surface area (Å²) >= 11 is 0. The third-order valence-electron chi connectivity index (χ3n) is 1.36. The fourth-order valence-electron chi connectivity index (χ4n) is 0.451. The van der Waals surface area contributed by atoms with Crippen molar-refractivity contribution in [2.75, 3.05) is 28.3 Å². The minimum atomic E-state index is -0.583. The van der Waals surface area contributed by atoms with Gasteiger partial charge < -0.3 is 29.3 Å². The van der Waals surface area contributed by atoms with Crippen molar-refractivity contribution < 1.29 is 94.1 Å². The molecule has 0 aliphatic carbocycles. The molecule has 0 saturated carbocycles. The second kappa shape index (κ2) is 18.1. The second-order valence-electron chi connectivity index (χ2n) is 2.49. The normalized spacial score (nSPS) is 7.16. The van der Waals surface area contributed by atoms with E-state index >= 15 is 0 Å². The predicted molar refractivity (Wildman–Crippen MR) is 56.8 cm³/mol. The van der Waals surface area contributed by atoms with Gasteiger partial charge in [-0.25, -0.2) is 0 Å². The molecule has 0 fully saturated rings. The Morgan fingerprint density at radius 1 is 1.11 bits per heavy atom. The minimum absolute atomic E-state index is 0. The number of urea groups is 1. The predicted octanol–water partition coefficient (Wildman–Crippen LogP) is -0.174. The molecule has 0 atom stereocenters. The van der Waals surface area contributed by atoms with Crippen molar-refractivity contribution in [3.8, 4) is 0 Å². The summed E-state index contributed by atoms with van der Waals surface area (Å²) in [4.78, 5) is 41.1. The van der Waals surface area contributed by atoms with E-state index < -0.39 is 18.0 Å². The van der Waals surface area contributed by atoms with Crippen LogP contribution in [0.4, 0.5) is 4.79 Å². The Bertz CT molecular complexity index is 274. The maximum absolute atomic E-state index is 10.3. The summed E-state index contributed by atoms with van der Waals surface area (Å²) in [7, 11) is 5.04. The van der Waals surface area contributed by atoms with Crippen molar-refractivity contribution in [1.29, 1.82) is 0 Å². The van der Waals surface area contributed by atoms with E-state index in [2.05, 4.69) is 14.8 Å². The standard InChI is InChI=1S/C5H8O4.C4H7N2O2.2Y/c1-8-4(6)3-5(7)9-2;1-5-4(8)6(2)3-7;;/h3H2,1-2H3;1-2H3,(H,5,8);;/q;-1;;/p-1. The van der Waals surface area contributed by atoms with Gasteiger partial charge in [-0.3, -0.25) is 9.59 Å². The molecule has 0 bridgehead atoms. The van der Waals surface area contributed by atoms with Gasteiger partial charge in [-0.1, -0.05) is 14.1 Å². The minimum Gasteiger partial charge on any atom is -0.548 e. The van der Waals surface area contributed by atoms with Gasteiger partial charge >= 0.3 is 11.9 Å². The molecule has 2 radical (unpaired) electrons. The van der Waals surface area contributed by atoms with Crippen LogP contribution in [0.25, 0.3) is 5.32 Å². The first-order chi connectivity index (χ1) is 7.92. The van der Waals surface area contributed by atoms with E-state index in [1.165, 1.54) is 34.7 Å². The molecule has 0 N–H and O–H groups in total. The Morgan fingerprint density at radius 3 is 1.63 bits per heavy atom. The number of carbonyl (C=O) groups is 3. The van der Waals surface area contributed by atoms with E-state index in [0.717, 1.165) is 4.90 Å². The fraction of sp³-hybridized carbons (Fsp3) is 0.556. The number of nitrogens with zero attached hydrogens (tertiary/aromatic N) is 2. The van der Waals surface area contributed by atoms with Gasteiger partial charge in [0.1, 0.15) is 6.42 Å². The average molecular weight is 424 g/mol. The largest absolute Gasteiger partial charge is 0.548 e. The van der Waals surface area contributed by atoms with Crippen LogP contribution in [0.5, 0.6) is 0 Å². The molecular formula is C9H14N2O6Y2-2.